The Morgan fingerprint density at radius 3 is 2.83 bits per heavy atom. The molecule has 0 radical (unpaired) electrons. The molecule has 2 heterocycles. The fourth-order valence-electron chi connectivity index (χ4n) is 3.45. The molecule has 2 aliphatic rings. The van der Waals surface area contributed by atoms with E-state index in [-0.39, 0.29) is 18.1 Å². The van der Waals surface area contributed by atoms with E-state index in [0.717, 1.165) is 38.1 Å². The van der Waals surface area contributed by atoms with E-state index in [0.29, 0.717) is 19.0 Å². The zero-order valence-corrected chi connectivity index (χ0v) is 13.7. The van der Waals surface area contributed by atoms with E-state index in [2.05, 4.69) is 16.3 Å². The molecule has 1 aromatic carbocycles. The molecule has 1 amide bonds. The Balaban J connectivity index is 1.36. The number of aliphatic hydroxyl groups excluding tert-OH is 1. The minimum absolute atomic E-state index is 0.0392. The van der Waals surface area contributed by atoms with E-state index in [1.807, 2.05) is 25.1 Å². The van der Waals surface area contributed by atoms with Crippen LogP contribution < -0.4 is 10.1 Å². The standard InChI is InChI=1S/C18H26N2O3/c1-13(21)14-6-8-20(9-7-14)12-18(22)19-11-16-10-15-4-2-3-5-17(15)23-16/h2-5,13-14,16,21H,6-12H2,1H3,(H,19,22). The van der Waals surface area contributed by atoms with Crippen LogP contribution in [0.5, 0.6) is 5.75 Å². The molecule has 2 unspecified atom stereocenters. The summed E-state index contributed by atoms with van der Waals surface area (Å²) in [6.07, 6.45) is 2.58. The zero-order chi connectivity index (χ0) is 16.2. The van der Waals surface area contributed by atoms with Gasteiger partial charge in [0.1, 0.15) is 11.9 Å². The maximum Gasteiger partial charge on any atom is 0.234 e. The molecule has 0 bridgehead atoms. The molecule has 5 nitrogen and oxygen atoms in total. The van der Waals surface area contributed by atoms with Crippen LogP contribution in [0.25, 0.3) is 0 Å². The van der Waals surface area contributed by atoms with Crippen molar-refractivity contribution in [2.24, 2.45) is 5.92 Å². The number of benzene rings is 1. The van der Waals surface area contributed by atoms with Crippen LogP contribution in [0.2, 0.25) is 0 Å². The summed E-state index contributed by atoms with van der Waals surface area (Å²) in [6.45, 7) is 4.61. The van der Waals surface area contributed by atoms with Crippen molar-refractivity contribution >= 4 is 5.91 Å². The Morgan fingerprint density at radius 2 is 2.13 bits per heavy atom. The highest BCUT2D eigenvalue weighted by Crippen LogP contribution is 2.27. The number of hydrogen-bond acceptors (Lipinski definition) is 4. The van der Waals surface area contributed by atoms with Gasteiger partial charge < -0.3 is 15.2 Å². The molecule has 1 saturated heterocycles. The van der Waals surface area contributed by atoms with Gasteiger partial charge in [0.25, 0.3) is 0 Å². The van der Waals surface area contributed by atoms with Gasteiger partial charge in [0.05, 0.1) is 19.2 Å². The summed E-state index contributed by atoms with van der Waals surface area (Å²) in [6, 6.07) is 8.03. The van der Waals surface area contributed by atoms with Crippen LogP contribution in [0, 0.1) is 5.92 Å². The third-order valence-corrected chi connectivity index (χ3v) is 4.92. The fourth-order valence-corrected chi connectivity index (χ4v) is 3.45. The van der Waals surface area contributed by atoms with Gasteiger partial charge in [-0.25, -0.2) is 0 Å². The quantitative estimate of drug-likeness (QED) is 0.856. The molecule has 23 heavy (non-hydrogen) atoms. The SMILES string of the molecule is CC(O)C1CCN(CC(=O)NCC2Cc3ccccc3O2)CC1. The minimum atomic E-state index is -0.243. The van der Waals surface area contributed by atoms with Gasteiger partial charge >= 0.3 is 0 Å². The predicted octanol–water partition coefficient (Wildman–Crippen LogP) is 1.20. The van der Waals surface area contributed by atoms with Crippen molar-refractivity contribution in [1.82, 2.24) is 10.2 Å². The molecular formula is C18H26N2O3. The summed E-state index contributed by atoms with van der Waals surface area (Å²) in [4.78, 5) is 14.3. The molecule has 2 atom stereocenters. The molecule has 5 heteroatoms. The molecular weight excluding hydrogens is 292 g/mol. The number of aliphatic hydroxyl groups is 1. The smallest absolute Gasteiger partial charge is 0.234 e. The van der Waals surface area contributed by atoms with Crippen LogP contribution in [-0.2, 0) is 11.2 Å². The van der Waals surface area contributed by atoms with Gasteiger partial charge in [0.15, 0.2) is 0 Å². The molecule has 2 N–H and O–H groups in total. The third-order valence-electron chi connectivity index (χ3n) is 4.92. The number of rotatable bonds is 5. The van der Waals surface area contributed by atoms with Crippen LogP contribution in [0.1, 0.15) is 25.3 Å². The second-order valence-electron chi connectivity index (χ2n) is 6.71. The molecule has 1 fully saturated rings. The van der Waals surface area contributed by atoms with Crippen LogP contribution >= 0.6 is 0 Å². The van der Waals surface area contributed by atoms with E-state index in [9.17, 15) is 9.90 Å². The second-order valence-corrected chi connectivity index (χ2v) is 6.71. The summed E-state index contributed by atoms with van der Waals surface area (Å²) in [5, 5.41) is 12.6. The number of nitrogens with zero attached hydrogens (tertiary/aromatic N) is 1. The van der Waals surface area contributed by atoms with Crippen molar-refractivity contribution in [3.63, 3.8) is 0 Å². The number of para-hydroxylation sites is 1. The first-order valence-electron chi connectivity index (χ1n) is 8.53. The van der Waals surface area contributed by atoms with Crippen molar-refractivity contribution in [3.8, 4) is 5.75 Å². The number of carbonyl (C=O) groups excluding carboxylic acids is 1. The van der Waals surface area contributed by atoms with Gasteiger partial charge in [-0.3, -0.25) is 9.69 Å². The maximum atomic E-state index is 12.1. The maximum absolute atomic E-state index is 12.1. The Kier molecular flexibility index (Phi) is 5.18. The molecule has 0 saturated carbocycles. The van der Waals surface area contributed by atoms with E-state index in [1.54, 1.807) is 0 Å². The minimum Gasteiger partial charge on any atom is -0.488 e. The Hall–Kier alpha value is -1.59. The normalized spacial score (nSPS) is 23.1. The summed E-state index contributed by atoms with van der Waals surface area (Å²) < 4.78 is 5.83. The van der Waals surface area contributed by atoms with Gasteiger partial charge in [-0.2, -0.15) is 0 Å². The number of piperidine rings is 1. The van der Waals surface area contributed by atoms with Gasteiger partial charge in [0.2, 0.25) is 5.91 Å². The van der Waals surface area contributed by atoms with Crippen molar-refractivity contribution in [3.05, 3.63) is 29.8 Å². The Morgan fingerprint density at radius 1 is 1.39 bits per heavy atom. The molecule has 126 valence electrons. The Labute approximate surface area is 137 Å². The van der Waals surface area contributed by atoms with E-state index < -0.39 is 0 Å². The number of fused-ring (bicyclic) bond motifs is 1. The van der Waals surface area contributed by atoms with Gasteiger partial charge in [-0.15, -0.1) is 0 Å². The number of nitrogens with one attached hydrogen (secondary N) is 1. The third kappa shape index (κ3) is 4.24. The molecule has 1 aromatic rings. The lowest BCUT2D eigenvalue weighted by molar-refractivity contribution is -0.123. The molecule has 3 rings (SSSR count). The average molecular weight is 318 g/mol. The first kappa shape index (κ1) is 16.3. The number of likely N-dealkylation sites (tertiary alicyclic amines) is 1. The first-order valence-corrected chi connectivity index (χ1v) is 8.53. The molecule has 2 aliphatic heterocycles. The lowest BCUT2D eigenvalue weighted by Crippen LogP contribution is -2.44. The topological polar surface area (TPSA) is 61.8 Å². The van der Waals surface area contributed by atoms with E-state index in [4.69, 9.17) is 4.74 Å². The fraction of sp³-hybridized carbons (Fsp3) is 0.611. The highest BCUT2D eigenvalue weighted by atomic mass is 16.5. The number of ether oxygens (including phenoxy) is 1. The lowest BCUT2D eigenvalue weighted by atomic mass is 9.92. The number of hydrogen-bond donors (Lipinski definition) is 2. The highest BCUT2D eigenvalue weighted by Gasteiger charge is 2.25. The molecule has 0 aliphatic carbocycles. The first-order chi connectivity index (χ1) is 11.1. The van der Waals surface area contributed by atoms with Crippen molar-refractivity contribution in [2.45, 2.75) is 38.4 Å². The number of carbonyl (C=O) groups is 1. The predicted molar refractivity (Wildman–Crippen MR) is 88.4 cm³/mol. The summed E-state index contributed by atoms with van der Waals surface area (Å²) in [7, 11) is 0. The summed E-state index contributed by atoms with van der Waals surface area (Å²) in [5.41, 5.74) is 1.21. The van der Waals surface area contributed by atoms with Crippen molar-refractivity contribution < 1.29 is 14.6 Å². The Bertz CT molecular complexity index is 514. The van der Waals surface area contributed by atoms with Crippen LogP contribution in [-0.4, -0.2) is 54.3 Å². The van der Waals surface area contributed by atoms with Gasteiger partial charge in [-0.1, -0.05) is 18.2 Å². The van der Waals surface area contributed by atoms with Crippen LogP contribution in [0.4, 0.5) is 0 Å². The van der Waals surface area contributed by atoms with E-state index >= 15 is 0 Å². The monoisotopic (exact) mass is 318 g/mol. The van der Waals surface area contributed by atoms with Crippen LogP contribution in [0.15, 0.2) is 24.3 Å². The van der Waals surface area contributed by atoms with Gasteiger partial charge in [0, 0.05) is 6.42 Å². The van der Waals surface area contributed by atoms with Crippen molar-refractivity contribution in [1.29, 1.82) is 0 Å². The largest absolute Gasteiger partial charge is 0.488 e. The molecule has 0 aromatic heterocycles. The summed E-state index contributed by atoms with van der Waals surface area (Å²) >= 11 is 0. The zero-order valence-electron chi connectivity index (χ0n) is 13.7. The second kappa shape index (κ2) is 7.32. The highest BCUT2D eigenvalue weighted by molar-refractivity contribution is 5.78. The summed E-state index contributed by atoms with van der Waals surface area (Å²) in [5.74, 6) is 1.37. The van der Waals surface area contributed by atoms with Crippen molar-refractivity contribution in [2.75, 3.05) is 26.2 Å². The van der Waals surface area contributed by atoms with Gasteiger partial charge in [-0.05, 0) is 50.4 Å². The average Bonchev–Trinajstić information content (AvgIpc) is 2.96. The van der Waals surface area contributed by atoms with E-state index in [1.165, 1.54) is 5.56 Å². The molecule has 0 spiro atoms. The van der Waals surface area contributed by atoms with Crippen LogP contribution in [0.3, 0.4) is 0 Å². The lowest BCUT2D eigenvalue weighted by Gasteiger charge is -2.32. The number of amides is 1.